The van der Waals surface area contributed by atoms with Crippen LogP contribution in [0.15, 0.2) is 24.3 Å². The average molecular weight is 247 g/mol. The summed E-state index contributed by atoms with van der Waals surface area (Å²) in [5, 5.41) is 3.08. The predicted molar refractivity (Wildman–Crippen MR) is 72.6 cm³/mol. The first kappa shape index (κ1) is 12.9. The Hall–Kier alpha value is -1.55. The van der Waals surface area contributed by atoms with Crippen LogP contribution in [0.2, 0.25) is 0 Å². The van der Waals surface area contributed by atoms with Crippen molar-refractivity contribution in [3.05, 3.63) is 35.4 Å². The summed E-state index contributed by atoms with van der Waals surface area (Å²) in [5.41, 5.74) is 2.50. The van der Waals surface area contributed by atoms with Crippen molar-refractivity contribution in [2.75, 3.05) is 33.7 Å². The van der Waals surface area contributed by atoms with Gasteiger partial charge < -0.3 is 15.1 Å². The van der Waals surface area contributed by atoms with E-state index >= 15 is 0 Å². The zero-order valence-corrected chi connectivity index (χ0v) is 11.3. The Kier molecular flexibility index (Phi) is 3.87. The molecule has 2 rings (SSSR count). The predicted octanol–water partition coefficient (Wildman–Crippen LogP) is 1.62. The van der Waals surface area contributed by atoms with E-state index in [0.29, 0.717) is 0 Å². The first-order valence-corrected chi connectivity index (χ1v) is 6.37. The maximum Gasteiger partial charge on any atom is 0.320 e. The highest BCUT2D eigenvalue weighted by Gasteiger charge is 2.35. The molecule has 1 N–H and O–H groups in total. The Morgan fingerprint density at radius 1 is 1.39 bits per heavy atom. The van der Waals surface area contributed by atoms with Gasteiger partial charge in [0.15, 0.2) is 0 Å². The molecule has 1 unspecified atom stereocenters. The van der Waals surface area contributed by atoms with Crippen molar-refractivity contribution in [1.29, 1.82) is 0 Å². The van der Waals surface area contributed by atoms with Gasteiger partial charge in [0.05, 0.1) is 6.04 Å². The molecule has 0 radical (unpaired) electrons. The van der Waals surface area contributed by atoms with E-state index in [1.807, 2.05) is 36.0 Å². The fraction of sp³-hybridized carbons (Fsp3) is 0.500. The molecule has 1 saturated heterocycles. The van der Waals surface area contributed by atoms with Gasteiger partial charge in [-0.15, -0.1) is 0 Å². The van der Waals surface area contributed by atoms with Gasteiger partial charge in [-0.05, 0) is 25.1 Å². The molecule has 1 fully saturated rings. The first-order valence-electron chi connectivity index (χ1n) is 6.37. The molecule has 0 bridgehead atoms. The van der Waals surface area contributed by atoms with Gasteiger partial charge in [0.1, 0.15) is 0 Å². The fourth-order valence-corrected chi connectivity index (χ4v) is 2.47. The van der Waals surface area contributed by atoms with E-state index in [-0.39, 0.29) is 12.1 Å². The Labute approximate surface area is 109 Å². The number of rotatable bonds is 4. The molecule has 0 aromatic heterocycles. The van der Waals surface area contributed by atoms with Gasteiger partial charge in [-0.3, -0.25) is 0 Å². The van der Waals surface area contributed by atoms with Crippen LogP contribution in [0.4, 0.5) is 4.79 Å². The van der Waals surface area contributed by atoms with E-state index in [0.717, 1.165) is 19.6 Å². The normalized spacial score (nSPS) is 19.7. The third-order valence-electron chi connectivity index (χ3n) is 3.61. The molecule has 18 heavy (non-hydrogen) atoms. The highest BCUT2D eigenvalue weighted by molar-refractivity contribution is 5.77. The minimum atomic E-state index is 0.124. The second-order valence-electron chi connectivity index (χ2n) is 4.82. The molecule has 1 aromatic rings. The number of carbonyl (C=O) groups excluding carboxylic acids is 1. The Morgan fingerprint density at radius 3 is 2.78 bits per heavy atom. The monoisotopic (exact) mass is 247 g/mol. The topological polar surface area (TPSA) is 35.6 Å². The number of benzene rings is 1. The standard InChI is InChI=1S/C14H21N3O/c1-11-6-4-5-7-12(11)13-10-17(9-8-15-2)14(18)16(13)3/h4-7,13,15H,8-10H2,1-3H3. The number of amides is 2. The van der Waals surface area contributed by atoms with Crippen molar-refractivity contribution < 1.29 is 4.79 Å². The summed E-state index contributed by atoms with van der Waals surface area (Å²) in [5.74, 6) is 0. The van der Waals surface area contributed by atoms with Crippen molar-refractivity contribution in [1.82, 2.24) is 15.1 Å². The SMILES string of the molecule is CNCCN1CC(c2ccccc2C)N(C)C1=O. The third-order valence-corrected chi connectivity index (χ3v) is 3.61. The summed E-state index contributed by atoms with van der Waals surface area (Å²) in [6.45, 7) is 4.48. The summed E-state index contributed by atoms with van der Waals surface area (Å²) in [6.07, 6.45) is 0. The Balaban J connectivity index is 2.16. The van der Waals surface area contributed by atoms with E-state index < -0.39 is 0 Å². The summed E-state index contributed by atoms with van der Waals surface area (Å²) in [6, 6.07) is 8.59. The molecule has 1 aromatic carbocycles. The van der Waals surface area contributed by atoms with Crippen LogP contribution in [0.1, 0.15) is 17.2 Å². The number of likely N-dealkylation sites (N-methyl/N-ethyl adjacent to an activating group) is 2. The van der Waals surface area contributed by atoms with Crippen LogP contribution in [-0.4, -0.2) is 49.6 Å². The first-order chi connectivity index (χ1) is 8.65. The van der Waals surface area contributed by atoms with E-state index in [9.17, 15) is 4.79 Å². The minimum Gasteiger partial charge on any atom is -0.321 e. The second kappa shape index (κ2) is 5.40. The van der Waals surface area contributed by atoms with Crippen LogP contribution in [0, 0.1) is 6.92 Å². The number of hydrogen-bond donors (Lipinski definition) is 1. The molecular formula is C14H21N3O. The lowest BCUT2D eigenvalue weighted by atomic mass is 10.0. The third kappa shape index (κ3) is 2.34. The van der Waals surface area contributed by atoms with Crippen LogP contribution in [0.25, 0.3) is 0 Å². The molecule has 1 aliphatic rings. The zero-order chi connectivity index (χ0) is 13.1. The van der Waals surface area contributed by atoms with Gasteiger partial charge in [0.25, 0.3) is 0 Å². The van der Waals surface area contributed by atoms with Gasteiger partial charge in [0, 0.05) is 26.7 Å². The van der Waals surface area contributed by atoms with Gasteiger partial charge in [-0.25, -0.2) is 4.79 Å². The molecular weight excluding hydrogens is 226 g/mol. The lowest BCUT2D eigenvalue weighted by Crippen LogP contribution is -2.34. The van der Waals surface area contributed by atoms with Crippen LogP contribution < -0.4 is 5.32 Å². The summed E-state index contributed by atoms with van der Waals surface area (Å²) in [7, 11) is 3.79. The lowest BCUT2D eigenvalue weighted by Gasteiger charge is -2.19. The molecule has 2 amide bonds. The van der Waals surface area contributed by atoms with Crippen molar-refractivity contribution in [3.63, 3.8) is 0 Å². The van der Waals surface area contributed by atoms with Crippen molar-refractivity contribution in [2.45, 2.75) is 13.0 Å². The molecule has 0 aliphatic carbocycles. The molecule has 98 valence electrons. The van der Waals surface area contributed by atoms with Crippen LogP contribution in [-0.2, 0) is 0 Å². The van der Waals surface area contributed by atoms with Crippen molar-refractivity contribution in [3.8, 4) is 0 Å². The summed E-state index contributed by atoms with van der Waals surface area (Å²) >= 11 is 0. The van der Waals surface area contributed by atoms with E-state index in [1.165, 1.54) is 11.1 Å². The average Bonchev–Trinajstić information content (AvgIpc) is 2.65. The maximum absolute atomic E-state index is 12.1. The molecule has 4 nitrogen and oxygen atoms in total. The summed E-state index contributed by atoms with van der Waals surface area (Å²) in [4.78, 5) is 15.9. The molecule has 0 saturated carbocycles. The second-order valence-corrected chi connectivity index (χ2v) is 4.82. The van der Waals surface area contributed by atoms with Gasteiger partial charge in [0.2, 0.25) is 0 Å². The van der Waals surface area contributed by atoms with Gasteiger partial charge in [-0.1, -0.05) is 24.3 Å². The Morgan fingerprint density at radius 2 is 2.11 bits per heavy atom. The van der Waals surface area contributed by atoms with Crippen molar-refractivity contribution in [2.24, 2.45) is 0 Å². The van der Waals surface area contributed by atoms with Gasteiger partial charge >= 0.3 is 6.03 Å². The highest BCUT2D eigenvalue weighted by Crippen LogP contribution is 2.29. The largest absolute Gasteiger partial charge is 0.321 e. The number of hydrogen-bond acceptors (Lipinski definition) is 2. The van der Waals surface area contributed by atoms with Crippen LogP contribution in [0.5, 0.6) is 0 Å². The number of carbonyl (C=O) groups is 1. The summed E-state index contributed by atoms with van der Waals surface area (Å²) < 4.78 is 0. The molecule has 1 aliphatic heterocycles. The fourth-order valence-electron chi connectivity index (χ4n) is 2.47. The number of urea groups is 1. The van der Waals surface area contributed by atoms with E-state index in [1.54, 1.807) is 0 Å². The molecule has 0 spiro atoms. The number of aryl methyl sites for hydroxylation is 1. The molecule has 4 heteroatoms. The highest BCUT2D eigenvalue weighted by atomic mass is 16.2. The Bertz CT molecular complexity index is 433. The van der Waals surface area contributed by atoms with Crippen LogP contribution >= 0.6 is 0 Å². The number of nitrogens with one attached hydrogen (secondary N) is 1. The smallest absolute Gasteiger partial charge is 0.320 e. The lowest BCUT2D eigenvalue weighted by molar-refractivity contribution is 0.196. The van der Waals surface area contributed by atoms with Crippen LogP contribution in [0.3, 0.4) is 0 Å². The zero-order valence-electron chi connectivity index (χ0n) is 11.3. The van der Waals surface area contributed by atoms with Crippen molar-refractivity contribution >= 4 is 6.03 Å². The maximum atomic E-state index is 12.1. The van der Waals surface area contributed by atoms with E-state index in [4.69, 9.17) is 0 Å². The number of nitrogens with zero attached hydrogens (tertiary/aromatic N) is 2. The van der Waals surface area contributed by atoms with E-state index in [2.05, 4.69) is 24.4 Å². The minimum absolute atomic E-state index is 0.124. The molecule has 1 atom stereocenters. The quantitative estimate of drug-likeness (QED) is 0.877. The molecule has 1 heterocycles. The van der Waals surface area contributed by atoms with Gasteiger partial charge in [-0.2, -0.15) is 0 Å².